The summed E-state index contributed by atoms with van der Waals surface area (Å²) < 4.78 is 18.8. The van der Waals surface area contributed by atoms with Gasteiger partial charge in [0.15, 0.2) is 0 Å². The van der Waals surface area contributed by atoms with Crippen LogP contribution in [-0.2, 0) is 9.59 Å². The van der Waals surface area contributed by atoms with Crippen LogP contribution < -0.4 is 10.2 Å². The van der Waals surface area contributed by atoms with E-state index in [0.29, 0.717) is 16.2 Å². The molecule has 0 saturated carbocycles. The van der Waals surface area contributed by atoms with Crippen molar-refractivity contribution < 1.29 is 33.1 Å². The number of furan rings is 1. The minimum absolute atomic E-state index is 0.0732. The molecule has 1 aliphatic heterocycles. The summed E-state index contributed by atoms with van der Waals surface area (Å²) in [6, 6.07) is 12.8. The smallest absolute Gasteiger partial charge is 0.335 e. The Morgan fingerprint density at radius 2 is 1.77 bits per heavy atom. The Kier molecular flexibility index (Phi) is 4.92. The third-order valence-corrected chi connectivity index (χ3v) is 4.49. The summed E-state index contributed by atoms with van der Waals surface area (Å²) in [4.78, 5) is 49.1. The van der Waals surface area contributed by atoms with E-state index in [1.807, 2.05) is 0 Å². The van der Waals surface area contributed by atoms with Crippen molar-refractivity contribution in [2.45, 2.75) is 0 Å². The fraction of sp³-hybridized carbons (Fsp3) is 0. The molecule has 2 heterocycles. The molecule has 2 N–H and O–H groups in total. The van der Waals surface area contributed by atoms with Crippen molar-refractivity contribution in [3.8, 4) is 11.3 Å². The first-order valence-electron chi connectivity index (χ1n) is 8.94. The molecule has 1 aromatic heterocycles. The van der Waals surface area contributed by atoms with Crippen LogP contribution in [0.3, 0.4) is 0 Å². The first-order chi connectivity index (χ1) is 14.8. The molecule has 0 aliphatic carbocycles. The molecule has 154 valence electrons. The fourth-order valence-corrected chi connectivity index (χ4v) is 3.02. The Balaban J connectivity index is 1.66. The number of carboxylic acid groups (broad SMARTS) is 1. The Bertz CT molecular complexity index is 1260. The monoisotopic (exact) mass is 420 g/mol. The maximum Gasteiger partial charge on any atom is 0.335 e. The molecule has 4 rings (SSSR count). The van der Waals surface area contributed by atoms with Crippen LogP contribution in [0.5, 0.6) is 0 Å². The number of imide groups is 2. The molecule has 1 saturated heterocycles. The van der Waals surface area contributed by atoms with Gasteiger partial charge in [0.25, 0.3) is 11.8 Å². The maximum absolute atomic E-state index is 13.2. The number of nitrogens with zero attached hydrogens (tertiary/aromatic N) is 1. The molecule has 1 aliphatic rings. The number of barbiturate groups is 1. The zero-order valence-electron chi connectivity index (χ0n) is 15.7. The van der Waals surface area contributed by atoms with E-state index < -0.39 is 29.6 Å². The van der Waals surface area contributed by atoms with E-state index in [-0.39, 0.29) is 22.6 Å². The first-order valence-corrected chi connectivity index (χ1v) is 8.94. The summed E-state index contributed by atoms with van der Waals surface area (Å²) in [5, 5.41) is 11.2. The lowest BCUT2D eigenvalue weighted by Gasteiger charge is -2.26. The molecule has 0 spiro atoms. The normalized spacial score (nSPS) is 15.3. The van der Waals surface area contributed by atoms with E-state index in [9.17, 15) is 23.6 Å². The average molecular weight is 420 g/mol. The number of aromatic carboxylic acids is 1. The largest absolute Gasteiger partial charge is 0.478 e. The lowest BCUT2D eigenvalue weighted by atomic mass is 10.1. The van der Waals surface area contributed by atoms with Gasteiger partial charge in [-0.2, -0.15) is 0 Å². The number of halogens is 1. The maximum atomic E-state index is 13.2. The molecule has 9 heteroatoms. The second kappa shape index (κ2) is 7.71. The lowest BCUT2D eigenvalue weighted by molar-refractivity contribution is -0.122. The van der Waals surface area contributed by atoms with Gasteiger partial charge in [0, 0.05) is 5.56 Å². The van der Waals surface area contributed by atoms with Gasteiger partial charge < -0.3 is 9.52 Å². The standard InChI is InChI=1S/C22H13FN2O6/c23-14-4-6-15(7-5-14)25-20(27)17(19(26)24-22(25)30)11-16-8-9-18(31-16)12-2-1-3-13(10-12)21(28)29/h1-11H,(H,28,29)(H,24,26,30)/b17-11-. The lowest BCUT2D eigenvalue weighted by Crippen LogP contribution is -2.54. The van der Waals surface area contributed by atoms with Crippen molar-refractivity contribution in [2.75, 3.05) is 4.90 Å². The number of benzene rings is 2. The highest BCUT2D eigenvalue weighted by Crippen LogP contribution is 2.26. The van der Waals surface area contributed by atoms with Gasteiger partial charge in [-0.1, -0.05) is 12.1 Å². The summed E-state index contributed by atoms with van der Waals surface area (Å²) in [5.74, 6) is -2.97. The van der Waals surface area contributed by atoms with Crippen LogP contribution in [-0.4, -0.2) is 28.9 Å². The predicted octanol–water partition coefficient (Wildman–Crippen LogP) is 3.45. The van der Waals surface area contributed by atoms with Gasteiger partial charge in [-0.3, -0.25) is 14.9 Å². The number of amides is 4. The molecule has 0 radical (unpaired) electrons. The molecular formula is C22H13FN2O6. The zero-order valence-corrected chi connectivity index (χ0v) is 15.7. The number of carboxylic acids is 1. The van der Waals surface area contributed by atoms with Crippen molar-refractivity contribution in [1.82, 2.24) is 5.32 Å². The van der Waals surface area contributed by atoms with Gasteiger partial charge in [-0.25, -0.2) is 18.9 Å². The van der Waals surface area contributed by atoms with Crippen molar-refractivity contribution in [1.29, 1.82) is 0 Å². The third-order valence-electron chi connectivity index (χ3n) is 4.49. The predicted molar refractivity (Wildman–Crippen MR) is 107 cm³/mol. The van der Waals surface area contributed by atoms with E-state index in [4.69, 9.17) is 9.52 Å². The molecular weight excluding hydrogens is 407 g/mol. The minimum Gasteiger partial charge on any atom is -0.478 e. The van der Waals surface area contributed by atoms with Crippen LogP contribution in [0.2, 0.25) is 0 Å². The minimum atomic E-state index is -1.09. The van der Waals surface area contributed by atoms with E-state index in [1.54, 1.807) is 18.2 Å². The Morgan fingerprint density at radius 3 is 2.48 bits per heavy atom. The molecule has 2 aromatic carbocycles. The Morgan fingerprint density at radius 1 is 1.03 bits per heavy atom. The van der Waals surface area contributed by atoms with Gasteiger partial charge in [0.1, 0.15) is 22.9 Å². The number of carbonyl (C=O) groups is 4. The highest BCUT2D eigenvalue weighted by Gasteiger charge is 2.37. The number of hydrogen-bond donors (Lipinski definition) is 2. The van der Waals surface area contributed by atoms with Crippen molar-refractivity contribution in [3.05, 3.63) is 83.4 Å². The number of rotatable bonds is 4. The third kappa shape index (κ3) is 3.84. The number of urea groups is 1. The highest BCUT2D eigenvalue weighted by atomic mass is 19.1. The number of nitrogens with one attached hydrogen (secondary N) is 1. The van der Waals surface area contributed by atoms with Crippen LogP contribution in [0.15, 0.2) is 70.7 Å². The first kappa shape index (κ1) is 19.8. The molecule has 0 unspecified atom stereocenters. The Hall–Kier alpha value is -4.53. The molecule has 3 aromatic rings. The summed E-state index contributed by atoms with van der Waals surface area (Å²) >= 11 is 0. The summed E-state index contributed by atoms with van der Waals surface area (Å²) in [7, 11) is 0. The molecule has 4 amide bonds. The molecule has 0 bridgehead atoms. The van der Waals surface area contributed by atoms with Gasteiger partial charge in [0.2, 0.25) is 0 Å². The average Bonchev–Trinajstić information content (AvgIpc) is 3.21. The number of anilines is 1. The highest BCUT2D eigenvalue weighted by molar-refractivity contribution is 6.39. The van der Waals surface area contributed by atoms with Crippen molar-refractivity contribution in [2.24, 2.45) is 0 Å². The topological polar surface area (TPSA) is 117 Å². The van der Waals surface area contributed by atoms with Crippen LogP contribution in [0.25, 0.3) is 17.4 Å². The molecule has 0 atom stereocenters. The van der Waals surface area contributed by atoms with Crippen LogP contribution in [0, 0.1) is 5.82 Å². The number of carbonyl (C=O) groups excluding carboxylic acids is 3. The van der Waals surface area contributed by atoms with Gasteiger partial charge in [-0.15, -0.1) is 0 Å². The quantitative estimate of drug-likeness (QED) is 0.493. The Labute approximate surface area is 174 Å². The van der Waals surface area contributed by atoms with Gasteiger partial charge in [-0.05, 0) is 54.6 Å². The van der Waals surface area contributed by atoms with Crippen LogP contribution in [0.1, 0.15) is 16.1 Å². The van der Waals surface area contributed by atoms with Gasteiger partial charge in [0.05, 0.1) is 11.3 Å². The molecule has 1 fully saturated rings. The SMILES string of the molecule is O=C1NC(=O)N(c2ccc(F)cc2)C(=O)/C1=C\c1ccc(-c2cccc(C(=O)O)c2)o1. The van der Waals surface area contributed by atoms with E-state index in [0.717, 1.165) is 12.1 Å². The summed E-state index contributed by atoms with van der Waals surface area (Å²) in [5.41, 5.74) is 0.299. The van der Waals surface area contributed by atoms with E-state index in [2.05, 4.69) is 5.32 Å². The molecule has 31 heavy (non-hydrogen) atoms. The zero-order chi connectivity index (χ0) is 22.1. The van der Waals surface area contributed by atoms with Crippen LogP contribution >= 0.6 is 0 Å². The second-order valence-corrected chi connectivity index (χ2v) is 6.52. The van der Waals surface area contributed by atoms with Gasteiger partial charge >= 0.3 is 12.0 Å². The summed E-state index contributed by atoms with van der Waals surface area (Å²) in [6.07, 6.45) is 1.17. The number of hydrogen-bond acceptors (Lipinski definition) is 5. The van der Waals surface area contributed by atoms with Crippen molar-refractivity contribution in [3.63, 3.8) is 0 Å². The van der Waals surface area contributed by atoms with E-state index >= 15 is 0 Å². The summed E-state index contributed by atoms with van der Waals surface area (Å²) in [6.45, 7) is 0. The van der Waals surface area contributed by atoms with Crippen molar-refractivity contribution >= 4 is 35.6 Å². The second-order valence-electron chi connectivity index (χ2n) is 6.52. The fourth-order valence-electron chi connectivity index (χ4n) is 3.02. The van der Waals surface area contributed by atoms with E-state index in [1.165, 1.54) is 36.4 Å². The molecule has 8 nitrogen and oxygen atoms in total. The van der Waals surface area contributed by atoms with Crippen LogP contribution in [0.4, 0.5) is 14.9 Å².